The van der Waals surface area contributed by atoms with Gasteiger partial charge in [-0.25, -0.2) is 9.52 Å². The van der Waals surface area contributed by atoms with E-state index in [2.05, 4.69) is 9.46 Å². The number of hydrogen-bond donors (Lipinski definition) is 2. The van der Waals surface area contributed by atoms with Crippen LogP contribution >= 0.6 is 11.6 Å². The fourth-order valence-corrected chi connectivity index (χ4v) is 1.71. The number of amides is 1. The maximum absolute atomic E-state index is 11.2. The van der Waals surface area contributed by atoms with Crippen molar-refractivity contribution in [1.82, 2.24) is 9.44 Å². The van der Waals surface area contributed by atoms with Crippen molar-refractivity contribution in [3.63, 3.8) is 0 Å². The van der Waals surface area contributed by atoms with E-state index in [-0.39, 0.29) is 18.5 Å². The fraction of sp³-hybridized carbons (Fsp3) is 0.875. The molecule has 0 rings (SSSR count). The number of ether oxygens (including phenoxy) is 1. The normalized spacial score (nSPS) is 13.2. The summed E-state index contributed by atoms with van der Waals surface area (Å²) in [6.45, 7) is 3.78. The van der Waals surface area contributed by atoms with Gasteiger partial charge >= 0.3 is 16.3 Å². The Balaban J connectivity index is 3.92. The van der Waals surface area contributed by atoms with Crippen LogP contribution in [0.1, 0.15) is 26.7 Å². The zero-order chi connectivity index (χ0) is 12.6. The van der Waals surface area contributed by atoms with Crippen LogP contribution in [0.5, 0.6) is 0 Å². The maximum atomic E-state index is 11.2. The van der Waals surface area contributed by atoms with E-state index in [0.717, 1.165) is 6.42 Å². The molecule has 8 heteroatoms. The highest BCUT2D eigenvalue weighted by Crippen LogP contribution is 2.04. The minimum Gasteiger partial charge on any atom is -0.449 e. The fourth-order valence-electron chi connectivity index (χ4n) is 0.860. The second kappa shape index (κ2) is 7.70. The number of rotatable bonds is 7. The van der Waals surface area contributed by atoms with Crippen molar-refractivity contribution >= 4 is 27.9 Å². The molecule has 0 spiro atoms. The molecule has 1 unspecified atom stereocenters. The predicted molar refractivity (Wildman–Crippen MR) is 61.6 cm³/mol. The first-order chi connectivity index (χ1) is 7.41. The van der Waals surface area contributed by atoms with Crippen LogP contribution in [0.2, 0.25) is 0 Å². The van der Waals surface area contributed by atoms with Crippen molar-refractivity contribution in [1.29, 1.82) is 0 Å². The third-order valence-corrected chi connectivity index (χ3v) is 3.23. The summed E-state index contributed by atoms with van der Waals surface area (Å²) in [5, 5.41) is -0.0784. The van der Waals surface area contributed by atoms with E-state index in [0.29, 0.717) is 6.42 Å². The van der Waals surface area contributed by atoms with Crippen LogP contribution in [0.3, 0.4) is 0 Å². The summed E-state index contributed by atoms with van der Waals surface area (Å²) in [7, 11) is -3.84. The van der Waals surface area contributed by atoms with Gasteiger partial charge in [-0.2, -0.15) is 13.1 Å². The molecule has 0 aliphatic carbocycles. The molecule has 0 aromatic carbocycles. The van der Waals surface area contributed by atoms with Gasteiger partial charge in [-0.1, -0.05) is 6.92 Å². The smallest absolute Gasteiger partial charge is 0.421 e. The maximum Gasteiger partial charge on any atom is 0.421 e. The lowest BCUT2D eigenvalue weighted by atomic mass is 10.2. The second-order valence-electron chi connectivity index (χ2n) is 3.01. The van der Waals surface area contributed by atoms with Gasteiger partial charge in [0.2, 0.25) is 0 Å². The Morgan fingerprint density at radius 3 is 2.56 bits per heavy atom. The van der Waals surface area contributed by atoms with E-state index in [9.17, 15) is 13.2 Å². The molecule has 1 amide bonds. The molecule has 0 radical (unpaired) electrons. The zero-order valence-corrected chi connectivity index (χ0v) is 10.9. The Labute approximate surface area is 101 Å². The molecule has 1 atom stereocenters. The van der Waals surface area contributed by atoms with Crippen molar-refractivity contribution in [2.45, 2.75) is 32.1 Å². The van der Waals surface area contributed by atoms with Gasteiger partial charge in [0.25, 0.3) is 0 Å². The van der Waals surface area contributed by atoms with E-state index in [1.807, 2.05) is 6.92 Å². The molecule has 96 valence electrons. The summed E-state index contributed by atoms with van der Waals surface area (Å²) in [6, 6.07) is 0. The van der Waals surface area contributed by atoms with Gasteiger partial charge in [0, 0.05) is 11.9 Å². The highest BCUT2D eigenvalue weighted by molar-refractivity contribution is 7.88. The number of alkyl halides is 1. The quantitative estimate of drug-likeness (QED) is 0.677. The summed E-state index contributed by atoms with van der Waals surface area (Å²) in [4.78, 5) is 10.8. The van der Waals surface area contributed by atoms with Gasteiger partial charge in [0.05, 0.1) is 6.61 Å². The third kappa shape index (κ3) is 7.72. The van der Waals surface area contributed by atoms with Crippen LogP contribution in [-0.2, 0) is 14.9 Å². The predicted octanol–water partition coefficient (Wildman–Crippen LogP) is 0.974. The number of hydrogen-bond acceptors (Lipinski definition) is 4. The monoisotopic (exact) mass is 272 g/mol. The van der Waals surface area contributed by atoms with Gasteiger partial charge in [-0.15, -0.1) is 11.6 Å². The molecular weight excluding hydrogens is 256 g/mol. The van der Waals surface area contributed by atoms with Crippen LogP contribution in [0.15, 0.2) is 0 Å². The average molecular weight is 273 g/mol. The Morgan fingerprint density at radius 2 is 2.06 bits per heavy atom. The highest BCUT2D eigenvalue weighted by Gasteiger charge is 2.14. The van der Waals surface area contributed by atoms with Gasteiger partial charge in [-0.3, -0.25) is 0 Å². The summed E-state index contributed by atoms with van der Waals surface area (Å²) in [5.41, 5.74) is 0. The standard InChI is InChI=1S/C8H17ClN2O4S/c1-3-7(9)5-6-10-16(13,14)11-8(12)15-4-2/h7,10H,3-6H2,1-2H3,(H,11,12). The van der Waals surface area contributed by atoms with Crippen LogP contribution in [0.4, 0.5) is 4.79 Å². The molecule has 2 N–H and O–H groups in total. The molecule has 0 aliphatic heterocycles. The molecule has 0 fully saturated rings. The third-order valence-electron chi connectivity index (χ3n) is 1.69. The van der Waals surface area contributed by atoms with Crippen LogP contribution in [0.25, 0.3) is 0 Å². The molecule has 6 nitrogen and oxygen atoms in total. The first-order valence-corrected chi connectivity index (χ1v) is 6.91. The highest BCUT2D eigenvalue weighted by atomic mass is 35.5. The van der Waals surface area contributed by atoms with Crippen LogP contribution in [-0.4, -0.2) is 33.0 Å². The molecule has 0 saturated carbocycles. The number of carbonyl (C=O) groups is 1. The molecule has 16 heavy (non-hydrogen) atoms. The molecular formula is C8H17ClN2O4S. The van der Waals surface area contributed by atoms with E-state index in [4.69, 9.17) is 11.6 Å². The van der Waals surface area contributed by atoms with Gasteiger partial charge in [0.15, 0.2) is 0 Å². The van der Waals surface area contributed by atoms with Crippen LogP contribution in [0, 0.1) is 0 Å². The minimum absolute atomic E-state index is 0.0784. The van der Waals surface area contributed by atoms with Gasteiger partial charge in [-0.05, 0) is 19.8 Å². The first-order valence-electron chi connectivity index (χ1n) is 4.99. The average Bonchev–Trinajstić information content (AvgIpc) is 2.16. The summed E-state index contributed by atoms with van der Waals surface area (Å²) < 4.78 is 30.8. The van der Waals surface area contributed by atoms with Crippen LogP contribution < -0.4 is 9.44 Å². The Bertz CT molecular complexity index is 307. The largest absolute Gasteiger partial charge is 0.449 e. The minimum atomic E-state index is -3.84. The van der Waals surface area contributed by atoms with Crippen molar-refractivity contribution < 1.29 is 17.9 Å². The van der Waals surface area contributed by atoms with Crippen molar-refractivity contribution in [3.8, 4) is 0 Å². The number of carbonyl (C=O) groups excluding carboxylic acids is 1. The molecule has 0 aromatic rings. The molecule has 0 saturated heterocycles. The summed E-state index contributed by atoms with van der Waals surface area (Å²) >= 11 is 5.80. The molecule has 0 bridgehead atoms. The molecule has 0 aliphatic rings. The van der Waals surface area contributed by atoms with Crippen molar-refractivity contribution in [2.75, 3.05) is 13.2 Å². The molecule has 0 heterocycles. The van der Waals surface area contributed by atoms with Gasteiger partial charge < -0.3 is 4.74 Å². The lowest BCUT2D eigenvalue weighted by Gasteiger charge is -2.09. The summed E-state index contributed by atoms with van der Waals surface area (Å²) in [6.07, 6.45) is 0.268. The Morgan fingerprint density at radius 1 is 1.44 bits per heavy atom. The Kier molecular flexibility index (Phi) is 7.44. The summed E-state index contributed by atoms with van der Waals surface area (Å²) in [5.74, 6) is 0. The second-order valence-corrected chi connectivity index (χ2v) is 5.13. The van der Waals surface area contributed by atoms with Crippen molar-refractivity contribution in [2.24, 2.45) is 0 Å². The lowest BCUT2D eigenvalue weighted by Crippen LogP contribution is -2.41. The molecule has 0 aromatic heterocycles. The topological polar surface area (TPSA) is 84.5 Å². The number of halogens is 1. The van der Waals surface area contributed by atoms with E-state index >= 15 is 0 Å². The van der Waals surface area contributed by atoms with E-state index < -0.39 is 16.3 Å². The lowest BCUT2D eigenvalue weighted by molar-refractivity contribution is 0.158. The van der Waals surface area contributed by atoms with E-state index in [1.165, 1.54) is 0 Å². The first kappa shape index (κ1) is 15.5. The number of nitrogens with one attached hydrogen (secondary N) is 2. The Hall–Kier alpha value is -0.530. The van der Waals surface area contributed by atoms with Crippen molar-refractivity contribution in [3.05, 3.63) is 0 Å². The zero-order valence-electron chi connectivity index (χ0n) is 9.32. The van der Waals surface area contributed by atoms with E-state index in [1.54, 1.807) is 11.6 Å². The van der Waals surface area contributed by atoms with Gasteiger partial charge in [0.1, 0.15) is 0 Å². The SMILES string of the molecule is CCOC(=O)NS(=O)(=O)NCCC(Cl)CC.